The molecule has 1 amide bonds. The van der Waals surface area contributed by atoms with E-state index in [4.69, 9.17) is 0 Å². The molecule has 0 unspecified atom stereocenters. The minimum Gasteiger partial charge on any atom is -0.378 e. The Kier molecular flexibility index (Phi) is 7.98. The molecule has 184 valence electrons. The molecule has 4 rings (SSSR count). The SMILES string of the molecule is CN(C)c1ccc([C@H](CNC(=O)Cc2ccc(F)cc2)N2CCN(c3ccc(F)cc3)CC2)cc1. The van der Waals surface area contributed by atoms with Crippen molar-refractivity contribution in [2.24, 2.45) is 0 Å². The Balaban J connectivity index is 1.43. The molecule has 0 radical (unpaired) electrons. The van der Waals surface area contributed by atoms with Gasteiger partial charge in [0.2, 0.25) is 5.91 Å². The van der Waals surface area contributed by atoms with Gasteiger partial charge in [-0.3, -0.25) is 9.69 Å². The average Bonchev–Trinajstić information content (AvgIpc) is 2.87. The summed E-state index contributed by atoms with van der Waals surface area (Å²) in [4.78, 5) is 19.4. The Morgan fingerprint density at radius 3 is 2.00 bits per heavy atom. The summed E-state index contributed by atoms with van der Waals surface area (Å²) >= 11 is 0. The minimum absolute atomic E-state index is 0.0266. The molecule has 0 bridgehead atoms. The van der Waals surface area contributed by atoms with E-state index in [1.807, 2.05) is 26.2 Å². The van der Waals surface area contributed by atoms with Crippen LogP contribution in [0.15, 0.2) is 72.8 Å². The number of piperazine rings is 1. The lowest BCUT2D eigenvalue weighted by Crippen LogP contribution is -2.50. The molecule has 1 saturated heterocycles. The molecule has 7 heteroatoms. The Labute approximate surface area is 206 Å². The second-order valence-corrected chi connectivity index (χ2v) is 9.11. The van der Waals surface area contributed by atoms with Crippen molar-refractivity contribution in [1.82, 2.24) is 10.2 Å². The summed E-state index contributed by atoms with van der Waals surface area (Å²) < 4.78 is 26.5. The van der Waals surface area contributed by atoms with Crippen molar-refractivity contribution in [3.05, 3.63) is 95.6 Å². The van der Waals surface area contributed by atoms with E-state index in [2.05, 4.69) is 44.3 Å². The number of carbonyl (C=O) groups excluding carboxylic acids is 1. The second kappa shape index (κ2) is 11.3. The molecule has 3 aromatic carbocycles. The molecule has 0 aromatic heterocycles. The van der Waals surface area contributed by atoms with Gasteiger partial charge in [0.1, 0.15) is 11.6 Å². The van der Waals surface area contributed by atoms with Crippen molar-refractivity contribution < 1.29 is 13.6 Å². The topological polar surface area (TPSA) is 38.8 Å². The molecule has 0 spiro atoms. The molecule has 5 nitrogen and oxygen atoms in total. The van der Waals surface area contributed by atoms with Crippen molar-refractivity contribution in [2.75, 3.05) is 56.6 Å². The van der Waals surface area contributed by atoms with Gasteiger partial charge in [0.15, 0.2) is 0 Å². The first kappa shape index (κ1) is 24.7. The third kappa shape index (κ3) is 6.57. The monoisotopic (exact) mass is 478 g/mol. The fraction of sp³-hybridized carbons (Fsp3) is 0.321. The highest BCUT2D eigenvalue weighted by molar-refractivity contribution is 5.78. The summed E-state index contributed by atoms with van der Waals surface area (Å²) in [5, 5.41) is 3.09. The van der Waals surface area contributed by atoms with Gasteiger partial charge in [-0.05, 0) is 59.7 Å². The van der Waals surface area contributed by atoms with Crippen LogP contribution in [0.25, 0.3) is 0 Å². The lowest BCUT2D eigenvalue weighted by Gasteiger charge is -2.40. The second-order valence-electron chi connectivity index (χ2n) is 9.11. The first-order chi connectivity index (χ1) is 16.9. The molecule has 1 aliphatic rings. The van der Waals surface area contributed by atoms with Crippen LogP contribution in [0.4, 0.5) is 20.2 Å². The van der Waals surface area contributed by atoms with Crippen LogP contribution in [0.2, 0.25) is 0 Å². The number of benzene rings is 3. The quantitative estimate of drug-likeness (QED) is 0.525. The number of nitrogens with one attached hydrogen (secondary N) is 1. The zero-order valence-electron chi connectivity index (χ0n) is 20.3. The van der Waals surface area contributed by atoms with Crippen LogP contribution in [0.1, 0.15) is 17.2 Å². The molecule has 0 aliphatic carbocycles. The predicted octanol–water partition coefficient (Wildman–Crippen LogP) is 4.25. The predicted molar refractivity (Wildman–Crippen MR) is 137 cm³/mol. The van der Waals surface area contributed by atoms with Crippen LogP contribution in [-0.2, 0) is 11.2 Å². The molecule has 1 heterocycles. The van der Waals surface area contributed by atoms with E-state index < -0.39 is 0 Å². The number of hydrogen-bond acceptors (Lipinski definition) is 4. The van der Waals surface area contributed by atoms with Crippen LogP contribution >= 0.6 is 0 Å². The first-order valence-corrected chi connectivity index (χ1v) is 11.9. The minimum atomic E-state index is -0.310. The van der Waals surface area contributed by atoms with E-state index in [0.717, 1.165) is 48.7 Å². The van der Waals surface area contributed by atoms with Gasteiger partial charge in [-0.25, -0.2) is 8.78 Å². The van der Waals surface area contributed by atoms with Crippen molar-refractivity contribution in [2.45, 2.75) is 12.5 Å². The fourth-order valence-corrected chi connectivity index (χ4v) is 4.46. The Morgan fingerprint density at radius 1 is 0.857 bits per heavy atom. The summed E-state index contributed by atoms with van der Waals surface area (Å²) in [6.07, 6.45) is 0.213. The van der Waals surface area contributed by atoms with Gasteiger partial charge in [-0.2, -0.15) is 0 Å². The number of amides is 1. The molecule has 35 heavy (non-hydrogen) atoms. The Bertz CT molecular complexity index is 1090. The number of rotatable bonds is 8. The zero-order chi connectivity index (χ0) is 24.8. The van der Waals surface area contributed by atoms with Crippen molar-refractivity contribution in [3.8, 4) is 0 Å². The highest BCUT2D eigenvalue weighted by Crippen LogP contribution is 2.26. The van der Waals surface area contributed by atoms with Crippen molar-refractivity contribution >= 4 is 17.3 Å². The summed E-state index contributed by atoms with van der Waals surface area (Å²) in [6.45, 7) is 3.78. The number of halogens is 2. The van der Waals surface area contributed by atoms with Crippen molar-refractivity contribution in [3.63, 3.8) is 0 Å². The number of nitrogens with zero attached hydrogens (tertiary/aromatic N) is 3. The average molecular weight is 479 g/mol. The fourth-order valence-electron chi connectivity index (χ4n) is 4.46. The maximum absolute atomic E-state index is 13.3. The van der Waals surface area contributed by atoms with E-state index in [-0.39, 0.29) is 30.0 Å². The Hall–Kier alpha value is -3.45. The first-order valence-electron chi connectivity index (χ1n) is 11.9. The van der Waals surface area contributed by atoms with Crippen LogP contribution in [0.3, 0.4) is 0 Å². The third-order valence-electron chi connectivity index (χ3n) is 6.51. The van der Waals surface area contributed by atoms with E-state index >= 15 is 0 Å². The van der Waals surface area contributed by atoms with Gasteiger partial charge in [0.05, 0.1) is 12.5 Å². The normalized spacial score (nSPS) is 15.0. The van der Waals surface area contributed by atoms with Gasteiger partial charge in [-0.1, -0.05) is 24.3 Å². The molecule has 1 atom stereocenters. The third-order valence-corrected chi connectivity index (χ3v) is 6.51. The van der Waals surface area contributed by atoms with E-state index in [1.54, 1.807) is 12.1 Å². The van der Waals surface area contributed by atoms with Gasteiger partial charge >= 0.3 is 0 Å². The number of carbonyl (C=O) groups is 1. The summed E-state index contributed by atoms with van der Waals surface area (Å²) in [6, 6.07) is 21.1. The molecule has 3 aromatic rings. The summed E-state index contributed by atoms with van der Waals surface area (Å²) in [5.74, 6) is -0.628. The highest BCUT2D eigenvalue weighted by atomic mass is 19.1. The van der Waals surface area contributed by atoms with E-state index in [9.17, 15) is 13.6 Å². The van der Waals surface area contributed by atoms with E-state index in [1.165, 1.54) is 24.3 Å². The van der Waals surface area contributed by atoms with Crippen LogP contribution in [-0.4, -0.2) is 57.6 Å². The lowest BCUT2D eigenvalue weighted by atomic mass is 10.0. The smallest absolute Gasteiger partial charge is 0.224 e. The molecule has 1 aliphatic heterocycles. The molecule has 1 N–H and O–H groups in total. The molecule has 0 saturated carbocycles. The summed E-state index contributed by atoms with van der Waals surface area (Å²) in [7, 11) is 4.02. The maximum Gasteiger partial charge on any atom is 0.224 e. The standard InChI is InChI=1S/C28H32F2N4O/c1-32(2)25-11-5-22(6-12-25)27(20-31-28(35)19-21-3-7-23(29)8-4-21)34-17-15-33(16-18-34)26-13-9-24(30)10-14-26/h3-14,27H,15-20H2,1-2H3,(H,31,35)/t27-/m0/s1. The van der Waals surface area contributed by atoms with Gasteiger partial charge < -0.3 is 15.1 Å². The van der Waals surface area contributed by atoms with E-state index in [0.29, 0.717) is 6.54 Å². The zero-order valence-corrected chi connectivity index (χ0v) is 20.3. The maximum atomic E-state index is 13.3. The highest BCUT2D eigenvalue weighted by Gasteiger charge is 2.26. The van der Waals surface area contributed by atoms with Gasteiger partial charge in [0, 0.05) is 58.2 Å². The molecular weight excluding hydrogens is 446 g/mol. The van der Waals surface area contributed by atoms with Crippen LogP contribution < -0.4 is 15.1 Å². The Morgan fingerprint density at radius 2 is 1.43 bits per heavy atom. The number of anilines is 2. The summed E-state index contributed by atoms with van der Waals surface area (Å²) in [5.41, 5.74) is 4.07. The largest absolute Gasteiger partial charge is 0.378 e. The van der Waals surface area contributed by atoms with Crippen LogP contribution in [0.5, 0.6) is 0 Å². The van der Waals surface area contributed by atoms with Gasteiger partial charge in [-0.15, -0.1) is 0 Å². The van der Waals surface area contributed by atoms with Crippen LogP contribution in [0, 0.1) is 11.6 Å². The molecular formula is C28H32F2N4O. The van der Waals surface area contributed by atoms with Gasteiger partial charge in [0.25, 0.3) is 0 Å². The molecule has 1 fully saturated rings. The lowest BCUT2D eigenvalue weighted by molar-refractivity contribution is -0.120. The number of hydrogen-bond donors (Lipinski definition) is 1. The van der Waals surface area contributed by atoms with Crippen molar-refractivity contribution in [1.29, 1.82) is 0 Å².